The van der Waals surface area contributed by atoms with Crippen LogP contribution in [0.2, 0.25) is 0 Å². The lowest BCUT2D eigenvalue weighted by molar-refractivity contribution is 0.251. The molecule has 2 nitrogen and oxygen atoms in total. The van der Waals surface area contributed by atoms with Crippen molar-refractivity contribution in [3.8, 4) is 0 Å². The zero-order valence-electron chi connectivity index (χ0n) is 13.6. The summed E-state index contributed by atoms with van der Waals surface area (Å²) in [6.07, 6.45) is 2.75. The minimum Gasteiger partial charge on any atom is -0.311 e. The first-order chi connectivity index (χ1) is 9.47. The fourth-order valence-corrected chi connectivity index (χ4v) is 2.86. The van der Waals surface area contributed by atoms with Gasteiger partial charge in [0.15, 0.2) is 0 Å². The van der Waals surface area contributed by atoms with Crippen LogP contribution in [0.5, 0.6) is 0 Å². The van der Waals surface area contributed by atoms with Crippen molar-refractivity contribution in [1.82, 2.24) is 10.2 Å². The van der Waals surface area contributed by atoms with Crippen LogP contribution < -0.4 is 5.32 Å². The summed E-state index contributed by atoms with van der Waals surface area (Å²) < 4.78 is 0. The highest BCUT2D eigenvalue weighted by molar-refractivity contribution is 5.27. The van der Waals surface area contributed by atoms with Crippen LogP contribution in [0.25, 0.3) is 0 Å². The molecule has 0 spiro atoms. The summed E-state index contributed by atoms with van der Waals surface area (Å²) in [5, 5.41) is 3.59. The standard InChI is InChI=1S/C18H30N2/c1-15(20-11-5-6-12-20)13-19-14-16-7-9-17(10-8-16)18(2,3)4/h7-10,15,19H,5-6,11-14H2,1-4H3. The van der Waals surface area contributed by atoms with Crippen LogP contribution >= 0.6 is 0 Å². The van der Waals surface area contributed by atoms with E-state index in [0.29, 0.717) is 6.04 Å². The Morgan fingerprint density at radius 2 is 1.70 bits per heavy atom. The number of likely N-dealkylation sites (tertiary alicyclic amines) is 1. The Balaban J connectivity index is 1.76. The molecule has 0 aliphatic carbocycles. The predicted molar refractivity (Wildman–Crippen MR) is 87.1 cm³/mol. The van der Waals surface area contributed by atoms with E-state index in [1.54, 1.807) is 0 Å². The molecule has 1 aromatic rings. The van der Waals surface area contributed by atoms with E-state index in [9.17, 15) is 0 Å². The van der Waals surface area contributed by atoms with E-state index in [-0.39, 0.29) is 5.41 Å². The van der Waals surface area contributed by atoms with Crippen LogP contribution in [0.4, 0.5) is 0 Å². The van der Waals surface area contributed by atoms with E-state index >= 15 is 0 Å². The van der Waals surface area contributed by atoms with Gasteiger partial charge in [0.1, 0.15) is 0 Å². The summed E-state index contributed by atoms with van der Waals surface area (Å²) >= 11 is 0. The molecule has 0 radical (unpaired) electrons. The largest absolute Gasteiger partial charge is 0.311 e. The Kier molecular flexibility index (Phi) is 5.22. The Hall–Kier alpha value is -0.860. The third-order valence-electron chi connectivity index (χ3n) is 4.35. The third-order valence-corrected chi connectivity index (χ3v) is 4.35. The average Bonchev–Trinajstić information content (AvgIpc) is 2.92. The number of benzene rings is 1. The maximum atomic E-state index is 3.59. The number of rotatable bonds is 5. The van der Waals surface area contributed by atoms with Crippen LogP contribution in [0.15, 0.2) is 24.3 Å². The van der Waals surface area contributed by atoms with E-state index in [2.05, 4.69) is 62.2 Å². The van der Waals surface area contributed by atoms with Gasteiger partial charge in [0.2, 0.25) is 0 Å². The van der Waals surface area contributed by atoms with E-state index in [1.807, 2.05) is 0 Å². The van der Waals surface area contributed by atoms with Gasteiger partial charge in [-0.3, -0.25) is 4.90 Å². The van der Waals surface area contributed by atoms with E-state index in [0.717, 1.165) is 13.1 Å². The van der Waals surface area contributed by atoms with Gasteiger partial charge in [0.25, 0.3) is 0 Å². The average molecular weight is 274 g/mol. The van der Waals surface area contributed by atoms with Gasteiger partial charge < -0.3 is 5.32 Å². The van der Waals surface area contributed by atoms with Crippen LogP contribution in [-0.2, 0) is 12.0 Å². The number of nitrogens with one attached hydrogen (secondary N) is 1. The van der Waals surface area contributed by atoms with Crippen LogP contribution in [0, 0.1) is 0 Å². The van der Waals surface area contributed by atoms with Crippen molar-refractivity contribution in [3.63, 3.8) is 0 Å². The molecule has 1 aliphatic heterocycles. The molecular formula is C18H30N2. The zero-order valence-corrected chi connectivity index (χ0v) is 13.6. The van der Waals surface area contributed by atoms with Crippen molar-refractivity contribution in [2.24, 2.45) is 0 Å². The molecule has 1 atom stereocenters. The van der Waals surface area contributed by atoms with Gasteiger partial charge in [-0.25, -0.2) is 0 Å². The van der Waals surface area contributed by atoms with Gasteiger partial charge in [-0.2, -0.15) is 0 Å². The van der Waals surface area contributed by atoms with Crippen molar-refractivity contribution >= 4 is 0 Å². The normalized spacial score (nSPS) is 18.4. The second-order valence-corrected chi connectivity index (χ2v) is 7.17. The first-order valence-corrected chi connectivity index (χ1v) is 8.01. The van der Waals surface area contributed by atoms with Crippen molar-refractivity contribution in [2.45, 2.75) is 58.5 Å². The molecule has 0 amide bonds. The smallest absolute Gasteiger partial charge is 0.0206 e. The SMILES string of the molecule is CC(CNCc1ccc(C(C)(C)C)cc1)N1CCCC1. The molecule has 1 N–H and O–H groups in total. The molecule has 2 rings (SSSR count). The van der Waals surface area contributed by atoms with Crippen LogP contribution in [0.1, 0.15) is 51.7 Å². The van der Waals surface area contributed by atoms with Crippen molar-refractivity contribution in [2.75, 3.05) is 19.6 Å². The van der Waals surface area contributed by atoms with E-state index in [4.69, 9.17) is 0 Å². The fraction of sp³-hybridized carbons (Fsp3) is 0.667. The van der Waals surface area contributed by atoms with Crippen molar-refractivity contribution in [3.05, 3.63) is 35.4 Å². The highest BCUT2D eigenvalue weighted by Gasteiger charge is 2.17. The molecule has 2 heteroatoms. The van der Waals surface area contributed by atoms with Gasteiger partial charge in [-0.05, 0) is 49.4 Å². The van der Waals surface area contributed by atoms with Crippen LogP contribution in [0.3, 0.4) is 0 Å². The summed E-state index contributed by atoms with van der Waals surface area (Å²) in [6, 6.07) is 9.70. The second kappa shape index (κ2) is 6.73. The molecule has 1 unspecified atom stereocenters. The maximum absolute atomic E-state index is 3.59. The van der Waals surface area contributed by atoms with E-state index < -0.39 is 0 Å². The number of hydrogen-bond donors (Lipinski definition) is 1. The second-order valence-electron chi connectivity index (χ2n) is 7.17. The summed E-state index contributed by atoms with van der Waals surface area (Å²) in [4.78, 5) is 2.59. The molecule has 1 aromatic carbocycles. The molecule has 0 bridgehead atoms. The third kappa shape index (κ3) is 4.32. The van der Waals surface area contributed by atoms with Crippen molar-refractivity contribution < 1.29 is 0 Å². The van der Waals surface area contributed by atoms with Crippen molar-refractivity contribution in [1.29, 1.82) is 0 Å². The van der Waals surface area contributed by atoms with Gasteiger partial charge in [-0.15, -0.1) is 0 Å². The Labute approximate surface area is 124 Å². The minimum atomic E-state index is 0.246. The first-order valence-electron chi connectivity index (χ1n) is 8.01. The lowest BCUT2D eigenvalue weighted by Crippen LogP contribution is -2.38. The molecule has 1 heterocycles. The van der Waals surface area contributed by atoms with Gasteiger partial charge in [-0.1, -0.05) is 45.0 Å². The Morgan fingerprint density at radius 1 is 1.10 bits per heavy atom. The Bertz CT molecular complexity index is 396. The first kappa shape index (κ1) is 15.5. The summed E-state index contributed by atoms with van der Waals surface area (Å²) in [7, 11) is 0. The van der Waals surface area contributed by atoms with Gasteiger partial charge >= 0.3 is 0 Å². The molecular weight excluding hydrogens is 244 g/mol. The Morgan fingerprint density at radius 3 is 2.25 bits per heavy atom. The quantitative estimate of drug-likeness (QED) is 0.883. The highest BCUT2D eigenvalue weighted by Crippen LogP contribution is 2.22. The van der Waals surface area contributed by atoms with Crippen LogP contribution in [-0.4, -0.2) is 30.6 Å². The summed E-state index contributed by atoms with van der Waals surface area (Å²) in [6.45, 7) is 13.7. The molecule has 112 valence electrons. The summed E-state index contributed by atoms with van der Waals surface area (Å²) in [5.74, 6) is 0. The number of nitrogens with zero attached hydrogens (tertiary/aromatic N) is 1. The molecule has 20 heavy (non-hydrogen) atoms. The molecule has 1 saturated heterocycles. The predicted octanol–water partition coefficient (Wildman–Crippen LogP) is 3.56. The fourth-order valence-electron chi connectivity index (χ4n) is 2.86. The minimum absolute atomic E-state index is 0.246. The van der Waals surface area contributed by atoms with Gasteiger partial charge in [0.05, 0.1) is 0 Å². The van der Waals surface area contributed by atoms with E-state index in [1.165, 1.54) is 37.1 Å². The molecule has 1 aliphatic rings. The lowest BCUT2D eigenvalue weighted by atomic mass is 9.87. The lowest BCUT2D eigenvalue weighted by Gasteiger charge is -2.24. The number of hydrogen-bond acceptors (Lipinski definition) is 2. The van der Waals surface area contributed by atoms with Gasteiger partial charge in [0, 0.05) is 19.1 Å². The zero-order chi connectivity index (χ0) is 14.6. The summed E-state index contributed by atoms with van der Waals surface area (Å²) in [5.41, 5.74) is 3.04. The molecule has 1 fully saturated rings. The topological polar surface area (TPSA) is 15.3 Å². The molecule has 0 saturated carbocycles. The maximum Gasteiger partial charge on any atom is 0.0206 e. The molecule has 0 aromatic heterocycles. The highest BCUT2D eigenvalue weighted by atomic mass is 15.2. The monoisotopic (exact) mass is 274 g/mol.